The smallest absolute Gasteiger partial charge is 0.252 e. The highest BCUT2D eigenvalue weighted by Crippen LogP contribution is 2.16. The summed E-state index contributed by atoms with van der Waals surface area (Å²) >= 11 is 2.00. The van der Waals surface area contributed by atoms with Gasteiger partial charge in [0.1, 0.15) is 11.6 Å². The van der Waals surface area contributed by atoms with Gasteiger partial charge in [-0.3, -0.25) is 4.79 Å². The molecular weight excluding hydrogens is 236 g/mol. The van der Waals surface area contributed by atoms with Gasteiger partial charge in [0, 0.05) is 30.8 Å². The van der Waals surface area contributed by atoms with Crippen LogP contribution in [-0.2, 0) is 6.42 Å². The van der Waals surface area contributed by atoms with Crippen LogP contribution < -0.4 is 16.6 Å². The fourth-order valence-corrected chi connectivity index (χ4v) is 3.05. The number of nitrogen functional groups attached to an aromatic ring is 1. The van der Waals surface area contributed by atoms with Gasteiger partial charge < -0.3 is 16.0 Å². The van der Waals surface area contributed by atoms with E-state index in [4.69, 9.17) is 5.73 Å². The van der Waals surface area contributed by atoms with Crippen molar-refractivity contribution in [3.63, 3.8) is 0 Å². The number of nitrogens with two attached hydrogens (primary N) is 1. The number of nitrogens with zero attached hydrogens (tertiary/aromatic N) is 1. The van der Waals surface area contributed by atoms with Gasteiger partial charge in [-0.2, -0.15) is 11.8 Å². The van der Waals surface area contributed by atoms with E-state index >= 15 is 0 Å². The van der Waals surface area contributed by atoms with E-state index in [1.54, 1.807) is 0 Å². The van der Waals surface area contributed by atoms with E-state index in [1.165, 1.54) is 30.4 Å². The van der Waals surface area contributed by atoms with Crippen molar-refractivity contribution < 1.29 is 0 Å². The second-order valence-electron chi connectivity index (χ2n) is 4.24. The van der Waals surface area contributed by atoms with Crippen LogP contribution in [0.25, 0.3) is 0 Å². The van der Waals surface area contributed by atoms with Gasteiger partial charge in [-0.05, 0) is 18.6 Å². The van der Waals surface area contributed by atoms with Crippen LogP contribution >= 0.6 is 11.8 Å². The molecule has 6 heteroatoms. The Balaban J connectivity index is 1.79. The Morgan fingerprint density at radius 1 is 1.65 bits per heavy atom. The predicted octanol–water partition coefficient (Wildman–Crippen LogP) is 0.380. The lowest BCUT2D eigenvalue weighted by molar-refractivity contribution is 0.507. The maximum Gasteiger partial charge on any atom is 0.252 e. The molecule has 1 aromatic heterocycles. The first kappa shape index (κ1) is 12.4. The zero-order valence-corrected chi connectivity index (χ0v) is 10.6. The van der Waals surface area contributed by atoms with Crippen molar-refractivity contribution in [1.82, 2.24) is 15.3 Å². The summed E-state index contributed by atoms with van der Waals surface area (Å²) in [7, 11) is 0. The Morgan fingerprint density at radius 3 is 3.24 bits per heavy atom. The molecule has 4 N–H and O–H groups in total. The van der Waals surface area contributed by atoms with Crippen LogP contribution in [0, 0.1) is 0 Å². The molecule has 1 aromatic rings. The Kier molecular flexibility index (Phi) is 4.44. The molecule has 0 unspecified atom stereocenters. The fourth-order valence-electron chi connectivity index (χ4n) is 1.94. The summed E-state index contributed by atoms with van der Waals surface area (Å²) in [4.78, 5) is 18.0. The Morgan fingerprint density at radius 2 is 2.53 bits per heavy atom. The van der Waals surface area contributed by atoms with E-state index in [9.17, 15) is 4.79 Å². The van der Waals surface area contributed by atoms with Crippen molar-refractivity contribution in [2.24, 2.45) is 0 Å². The average Bonchev–Trinajstić information content (AvgIpc) is 2.29. The van der Waals surface area contributed by atoms with Crippen LogP contribution in [0.15, 0.2) is 10.9 Å². The second kappa shape index (κ2) is 6.07. The number of hydrogen-bond acceptors (Lipinski definition) is 5. The zero-order valence-electron chi connectivity index (χ0n) is 9.74. The Bertz CT molecular complexity index is 414. The molecule has 0 aliphatic carbocycles. The molecule has 0 aromatic carbocycles. The first-order chi connectivity index (χ1) is 8.24. The number of thioether (sulfide) groups is 1. The molecule has 1 aliphatic rings. The molecule has 0 saturated carbocycles. The van der Waals surface area contributed by atoms with E-state index in [0.29, 0.717) is 18.3 Å². The van der Waals surface area contributed by atoms with Gasteiger partial charge in [0.25, 0.3) is 5.56 Å². The lowest BCUT2D eigenvalue weighted by atomic mass is 10.2. The average molecular weight is 254 g/mol. The van der Waals surface area contributed by atoms with Gasteiger partial charge in [0.2, 0.25) is 0 Å². The van der Waals surface area contributed by atoms with Crippen molar-refractivity contribution >= 4 is 17.6 Å². The maximum atomic E-state index is 11.2. The predicted molar refractivity (Wildman–Crippen MR) is 71.3 cm³/mol. The minimum absolute atomic E-state index is 0.180. The van der Waals surface area contributed by atoms with Gasteiger partial charge in [-0.25, -0.2) is 4.98 Å². The van der Waals surface area contributed by atoms with Crippen molar-refractivity contribution in [2.75, 3.05) is 23.8 Å². The molecule has 1 aliphatic heterocycles. The van der Waals surface area contributed by atoms with Gasteiger partial charge in [-0.1, -0.05) is 0 Å². The van der Waals surface area contributed by atoms with Crippen molar-refractivity contribution in [1.29, 1.82) is 0 Å². The monoisotopic (exact) mass is 254 g/mol. The topological polar surface area (TPSA) is 83.8 Å². The third-order valence-corrected chi connectivity index (χ3v) is 3.98. The molecule has 2 heterocycles. The number of H-pyrrole nitrogens is 1. The van der Waals surface area contributed by atoms with Crippen LogP contribution in [0.1, 0.15) is 18.7 Å². The van der Waals surface area contributed by atoms with Crippen molar-refractivity contribution in [2.45, 2.75) is 25.3 Å². The van der Waals surface area contributed by atoms with Gasteiger partial charge in [0.15, 0.2) is 0 Å². The highest BCUT2D eigenvalue weighted by atomic mass is 32.2. The molecule has 0 amide bonds. The summed E-state index contributed by atoms with van der Waals surface area (Å²) in [6.07, 6.45) is 3.24. The van der Waals surface area contributed by atoms with Crippen LogP contribution in [0.3, 0.4) is 0 Å². The number of aromatic nitrogens is 2. The summed E-state index contributed by atoms with van der Waals surface area (Å²) in [6.45, 7) is 0.831. The standard InChI is InChI=1S/C11H18N4OS/c12-9-6-11(16)15-10(14-9)3-4-13-8-2-1-5-17-7-8/h6,8,13H,1-5,7H2,(H3,12,14,15,16)/t8-/m1/s1. The Labute approximate surface area is 105 Å². The summed E-state index contributed by atoms with van der Waals surface area (Å²) < 4.78 is 0. The molecule has 0 spiro atoms. The number of aromatic amines is 1. The number of nitrogens with one attached hydrogen (secondary N) is 2. The largest absolute Gasteiger partial charge is 0.383 e. The minimum atomic E-state index is -0.180. The SMILES string of the molecule is Nc1cc(=O)[nH]c(CCN[C@@H]2CCCSC2)n1. The van der Waals surface area contributed by atoms with Crippen LogP contribution in [0.5, 0.6) is 0 Å². The van der Waals surface area contributed by atoms with Crippen LogP contribution in [-0.4, -0.2) is 34.1 Å². The van der Waals surface area contributed by atoms with Crippen LogP contribution in [0.4, 0.5) is 5.82 Å². The van der Waals surface area contributed by atoms with E-state index < -0.39 is 0 Å². The van der Waals surface area contributed by atoms with Gasteiger partial charge >= 0.3 is 0 Å². The molecule has 0 bridgehead atoms. The van der Waals surface area contributed by atoms with Gasteiger partial charge in [0.05, 0.1) is 0 Å². The number of rotatable bonds is 4. The maximum absolute atomic E-state index is 11.2. The molecule has 2 rings (SSSR count). The fraction of sp³-hybridized carbons (Fsp3) is 0.636. The Hall–Kier alpha value is -1.01. The van der Waals surface area contributed by atoms with Crippen LogP contribution in [0.2, 0.25) is 0 Å². The molecule has 94 valence electrons. The zero-order chi connectivity index (χ0) is 12.1. The first-order valence-corrected chi connectivity index (χ1v) is 7.06. The van der Waals surface area contributed by atoms with E-state index in [-0.39, 0.29) is 11.4 Å². The van der Waals surface area contributed by atoms with Gasteiger partial charge in [-0.15, -0.1) is 0 Å². The lowest BCUT2D eigenvalue weighted by Crippen LogP contribution is -2.35. The second-order valence-corrected chi connectivity index (χ2v) is 5.38. The number of hydrogen-bond donors (Lipinski definition) is 3. The summed E-state index contributed by atoms with van der Waals surface area (Å²) in [5, 5.41) is 3.49. The molecule has 0 radical (unpaired) electrons. The summed E-state index contributed by atoms with van der Waals surface area (Å²) in [5.41, 5.74) is 5.34. The molecule has 1 fully saturated rings. The normalized spacial score (nSPS) is 20.4. The highest BCUT2D eigenvalue weighted by molar-refractivity contribution is 7.99. The first-order valence-electron chi connectivity index (χ1n) is 5.91. The highest BCUT2D eigenvalue weighted by Gasteiger charge is 2.12. The lowest BCUT2D eigenvalue weighted by Gasteiger charge is -2.22. The van der Waals surface area contributed by atoms with E-state index in [2.05, 4.69) is 15.3 Å². The summed E-state index contributed by atoms with van der Waals surface area (Å²) in [5.74, 6) is 3.41. The molecule has 17 heavy (non-hydrogen) atoms. The molecule has 1 saturated heterocycles. The molecular formula is C11H18N4OS. The third kappa shape index (κ3) is 4.05. The number of anilines is 1. The summed E-state index contributed by atoms with van der Waals surface area (Å²) in [6, 6.07) is 1.90. The minimum Gasteiger partial charge on any atom is -0.383 e. The molecule has 1 atom stereocenters. The third-order valence-electron chi connectivity index (χ3n) is 2.77. The van der Waals surface area contributed by atoms with E-state index in [0.717, 1.165) is 6.54 Å². The molecule has 5 nitrogen and oxygen atoms in total. The van der Waals surface area contributed by atoms with Crippen molar-refractivity contribution in [3.05, 3.63) is 22.2 Å². The van der Waals surface area contributed by atoms with Crippen molar-refractivity contribution in [3.8, 4) is 0 Å². The van der Waals surface area contributed by atoms with E-state index in [1.807, 2.05) is 11.8 Å². The quantitative estimate of drug-likeness (QED) is 0.723.